The van der Waals surface area contributed by atoms with Gasteiger partial charge >= 0.3 is 5.97 Å². The molecule has 0 saturated heterocycles. The molecule has 1 heterocycles. The van der Waals surface area contributed by atoms with E-state index in [9.17, 15) is 9.90 Å². The van der Waals surface area contributed by atoms with E-state index in [1.807, 2.05) is 0 Å². The fourth-order valence-electron chi connectivity index (χ4n) is 1.92. The van der Waals surface area contributed by atoms with E-state index in [1.165, 1.54) is 0 Å². The maximum Gasteiger partial charge on any atom is 0.314 e. The van der Waals surface area contributed by atoms with Crippen molar-refractivity contribution in [2.45, 2.75) is 24.4 Å². The molecule has 1 aliphatic rings. The molecule has 0 radical (unpaired) electrons. The highest BCUT2D eigenvalue weighted by atomic mass is 16.4. The van der Waals surface area contributed by atoms with Crippen LogP contribution in [0.3, 0.4) is 0 Å². The van der Waals surface area contributed by atoms with Gasteiger partial charge in [0.25, 0.3) is 0 Å². The molecule has 4 nitrogen and oxygen atoms in total. The SMILES string of the molecule is O=C(O)C1(c2cccnc2)CC(O)C1. The van der Waals surface area contributed by atoms with Crippen molar-refractivity contribution in [1.29, 1.82) is 0 Å². The van der Waals surface area contributed by atoms with Crippen molar-refractivity contribution in [2.24, 2.45) is 0 Å². The van der Waals surface area contributed by atoms with Crippen molar-refractivity contribution in [3.8, 4) is 0 Å². The zero-order valence-corrected chi connectivity index (χ0v) is 7.55. The molecule has 1 aromatic rings. The summed E-state index contributed by atoms with van der Waals surface area (Å²) in [5, 5.41) is 18.3. The Bertz CT molecular complexity index is 344. The second-order valence-corrected chi connectivity index (χ2v) is 3.69. The maximum atomic E-state index is 11.1. The van der Waals surface area contributed by atoms with E-state index < -0.39 is 17.5 Å². The highest BCUT2D eigenvalue weighted by Gasteiger charge is 2.51. The van der Waals surface area contributed by atoms with Gasteiger partial charge in [0.05, 0.1) is 11.5 Å². The quantitative estimate of drug-likeness (QED) is 0.720. The summed E-state index contributed by atoms with van der Waals surface area (Å²) >= 11 is 0. The van der Waals surface area contributed by atoms with Crippen molar-refractivity contribution >= 4 is 5.97 Å². The molecule has 4 heteroatoms. The summed E-state index contributed by atoms with van der Waals surface area (Å²) in [6.07, 6.45) is 3.24. The Morgan fingerprint density at radius 3 is 2.71 bits per heavy atom. The van der Waals surface area contributed by atoms with Gasteiger partial charge in [-0.1, -0.05) is 6.07 Å². The minimum Gasteiger partial charge on any atom is -0.481 e. The molecule has 0 atom stereocenters. The Balaban J connectivity index is 2.34. The van der Waals surface area contributed by atoms with Gasteiger partial charge < -0.3 is 10.2 Å². The van der Waals surface area contributed by atoms with Crippen LogP contribution < -0.4 is 0 Å². The highest BCUT2D eigenvalue weighted by molar-refractivity contribution is 5.82. The first kappa shape index (κ1) is 9.15. The molecule has 0 amide bonds. The van der Waals surface area contributed by atoms with Crippen LogP contribution in [-0.4, -0.2) is 27.3 Å². The average molecular weight is 193 g/mol. The topological polar surface area (TPSA) is 70.4 Å². The van der Waals surface area contributed by atoms with E-state index in [0.29, 0.717) is 5.56 Å². The predicted octanol–water partition coefficient (Wildman–Crippen LogP) is 0.559. The van der Waals surface area contributed by atoms with Crippen molar-refractivity contribution < 1.29 is 15.0 Å². The van der Waals surface area contributed by atoms with Crippen molar-refractivity contribution in [3.63, 3.8) is 0 Å². The van der Waals surface area contributed by atoms with Gasteiger partial charge in [0, 0.05) is 12.4 Å². The van der Waals surface area contributed by atoms with Gasteiger partial charge in [-0.25, -0.2) is 0 Å². The molecule has 1 aliphatic carbocycles. The Kier molecular flexibility index (Phi) is 2.00. The van der Waals surface area contributed by atoms with Crippen LogP contribution in [0.25, 0.3) is 0 Å². The fourth-order valence-corrected chi connectivity index (χ4v) is 1.92. The highest BCUT2D eigenvalue weighted by Crippen LogP contribution is 2.43. The van der Waals surface area contributed by atoms with Crippen LogP contribution >= 0.6 is 0 Å². The van der Waals surface area contributed by atoms with E-state index in [4.69, 9.17) is 5.11 Å². The molecule has 74 valence electrons. The van der Waals surface area contributed by atoms with Gasteiger partial charge in [-0.3, -0.25) is 9.78 Å². The largest absolute Gasteiger partial charge is 0.481 e. The Hall–Kier alpha value is -1.42. The smallest absolute Gasteiger partial charge is 0.314 e. The Labute approximate surface area is 81.2 Å². The second kappa shape index (κ2) is 3.06. The Morgan fingerprint density at radius 1 is 1.57 bits per heavy atom. The van der Waals surface area contributed by atoms with E-state index in [1.54, 1.807) is 24.5 Å². The summed E-state index contributed by atoms with van der Waals surface area (Å²) in [5.74, 6) is -0.879. The van der Waals surface area contributed by atoms with Crippen molar-refractivity contribution in [1.82, 2.24) is 4.98 Å². The number of carbonyl (C=O) groups is 1. The van der Waals surface area contributed by atoms with Crippen LogP contribution in [0.15, 0.2) is 24.5 Å². The summed E-state index contributed by atoms with van der Waals surface area (Å²) in [7, 11) is 0. The van der Waals surface area contributed by atoms with E-state index in [2.05, 4.69) is 4.98 Å². The molecule has 1 aromatic heterocycles. The lowest BCUT2D eigenvalue weighted by atomic mass is 9.63. The second-order valence-electron chi connectivity index (χ2n) is 3.69. The van der Waals surface area contributed by atoms with Gasteiger partial charge in [-0.2, -0.15) is 0 Å². The molecule has 0 bridgehead atoms. The summed E-state index contributed by atoms with van der Waals surface area (Å²) in [6, 6.07) is 3.46. The number of nitrogens with zero attached hydrogens (tertiary/aromatic N) is 1. The lowest BCUT2D eigenvalue weighted by molar-refractivity contribution is -0.152. The third kappa shape index (κ3) is 1.19. The minimum atomic E-state index is -0.909. The van der Waals surface area contributed by atoms with Crippen LogP contribution in [0.2, 0.25) is 0 Å². The van der Waals surface area contributed by atoms with Crippen LogP contribution in [0.1, 0.15) is 18.4 Å². The number of hydrogen-bond acceptors (Lipinski definition) is 3. The number of rotatable bonds is 2. The normalized spacial score (nSPS) is 30.8. The number of hydrogen-bond donors (Lipinski definition) is 2. The van der Waals surface area contributed by atoms with Crippen LogP contribution in [0.4, 0.5) is 0 Å². The van der Waals surface area contributed by atoms with Crippen molar-refractivity contribution in [2.75, 3.05) is 0 Å². The lowest BCUT2D eigenvalue weighted by Gasteiger charge is -2.41. The molecule has 1 fully saturated rings. The molecule has 2 N–H and O–H groups in total. The molecular weight excluding hydrogens is 182 g/mol. The first-order valence-electron chi connectivity index (χ1n) is 4.47. The lowest BCUT2D eigenvalue weighted by Crippen LogP contribution is -2.50. The number of carboxylic acids is 1. The molecular formula is C10H11NO3. The standard InChI is InChI=1S/C10H11NO3/c12-8-4-10(5-8,9(13)14)7-2-1-3-11-6-7/h1-3,6,8,12H,4-5H2,(H,13,14). The average Bonchev–Trinajstić information content (AvgIpc) is 2.13. The fraction of sp³-hybridized carbons (Fsp3) is 0.400. The van der Waals surface area contributed by atoms with Crippen LogP contribution in [-0.2, 0) is 10.2 Å². The Morgan fingerprint density at radius 2 is 2.29 bits per heavy atom. The van der Waals surface area contributed by atoms with Crippen LogP contribution in [0, 0.1) is 0 Å². The third-order valence-corrected chi connectivity index (χ3v) is 2.79. The molecule has 0 aliphatic heterocycles. The third-order valence-electron chi connectivity index (χ3n) is 2.79. The van der Waals surface area contributed by atoms with Gasteiger partial charge in [0.1, 0.15) is 0 Å². The van der Waals surface area contributed by atoms with E-state index in [0.717, 1.165) is 0 Å². The van der Waals surface area contributed by atoms with Gasteiger partial charge in [0.2, 0.25) is 0 Å². The predicted molar refractivity (Wildman–Crippen MR) is 48.8 cm³/mol. The number of aliphatic hydroxyl groups excluding tert-OH is 1. The van der Waals surface area contributed by atoms with Gasteiger partial charge in [0.15, 0.2) is 0 Å². The number of aromatic nitrogens is 1. The molecule has 14 heavy (non-hydrogen) atoms. The monoisotopic (exact) mass is 193 g/mol. The minimum absolute atomic E-state index is 0.286. The zero-order valence-electron chi connectivity index (χ0n) is 7.55. The van der Waals surface area contributed by atoms with Gasteiger partial charge in [-0.15, -0.1) is 0 Å². The first-order chi connectivity index (χ1) is 6.65. The molecule has 2 rings (SSSR count). The molecule has 0 aromatic carbocycles. The number of aliphatic carboxylic acids is 1. The van der Waals surface area contributed by atoms with Crippen LogP contribution in [0.5, 0.6) is 0 Å². The molecule has 1 saturated carbocycles. The van der Waals surface area contributed by atoms with Gasteiger partial charge in [-0.05, 0) is 24.5 Å². The van der Waals surface area contributed by atoms with E-state index >= 15 is 0 Å². The summed E-state index contributed by atoms with van der Waals surface area (Å²) in [4.78, 5) is 15.0. The molecule has 0 spiro atoms. The summed E-state index contributed by atoms with van der Waals surface area (Å²) < 4.78 is 0. The maximum absolute atomic E-state index is 11.1. The molecule has 0 unspecified atom stereocenters. The summed E-state index contributed by atoms with van der Waals surface area (Å²) in [5.41, 5.74) is -0.231. The zero-order chi connectivity index (χ0) is 10.2. The van der Waals surface area contributed by atoms with E-state index in [-0.39, 0.29) is 12.8 Å². The first-order valence-corrected chi connectivity index (χ1v) is 4.47. The van der Waals surface area contributed by atoms with Crippen molar-refractivity contribution in [3.05, 3.63) is 30.1 Å². The number of carboxylic acid groups (broad SMARTS) is 1. The number of aliphatic hydroxyl groups is 1. The summed E-state index contributed by atoms with van der Waals surface area (Å²) in [6.45, 7) is 0. The number of pyridine rings is 1.